The Bertz CT molecular complexity index is 371. The molecule has 1 aromatic rings. The molecule has 14 heavy (non-hydrogen) atoms. The summed E-state index contributed by atoms with van der Waals surface area (Å²) in [5.74, 6) is -0.368. The summed E-state index contributed by atoms with van der Waals surface area (Å²) in [5, 5.41) is 8.89. The van der Waals surface area contributed by atoms with Gasteiger partial charge in [-0.1, -0.05) is 12.1 Å². The molecule has 4 heteroatoms. The number of rotatable bonds is 2. The molecule has 0 amide bonds. The van der Waals surface area contributed by atoms with Crippen molar-refractivity contribution in [3.8, 4) is 6.07 Å². The van der Waals surface area contributed by atoms with E-state index in [1.165, 1.54) is 0 Å². The maximum absolute atomic E-state index is 13.6. The molecule has 0 bridgehead atoms. The Hall–Kier alpha value is -0.920. The van der Waals surface area contributed by atoms with Crippen LogP contribution in [0.15, 0.2) is 22.7 Å². The minimum Gasteiger partial charge on any atom is -0.290 e. The zero-order chi connectivity index (χ0) is 10.7. The molecular weight excluding hydrogens is 247 g/mol. The Labute approximate surface area is 91.1 Å². The molecule has 74 valence electrons. The van der Waals surface area contributed by atoms with E-state index in [1.807, 2.05) is 0 Å². The van der Waals surface area contributed by atoms with Crippen LogP contribution in [-0.4, -0.2) is 19.0 Å². The minimum absolute atomic E-state index is 0.368. The molecule has 1 atom stereocenters. The highest BCUT2D eigenvalue weighted by atomic mass is 79.9. The molecule has 0 spiro atoms. The van der Waals surface area contributed by atoms with Crippen LogP contribution in [0.3, 0.4) is 0 Å². The molecule has 0 radical (unpaired) electrons. The highest BCUT2D eigenvalue weighted by molar-refractivity contribution is 9.10. The quantitative estimate of drug-likeness (QED) is 0.814. The van der Waals surface area contributed by atoms with Crippen LogP contribution in [0.25, 0.3) is 0 Å². The van der Waals surface area contributed by atoms with Crippen molar-refractivity contribution in [3.63, 3.8) is 0 Å². The SMILES string of the molecule is CN(C)C(C#N)c1cccc(Br)c1F. The van der Waals surface area contributed by atoms with Gasteiger partial charge in [0.05, 0.1) is 10.5 Å². The summed E-state index contributed by atoms with van der Waals surface area (Å²) in [6, 6.07) is 6.45. The van der Waals surface area contributed by atoms with Gasteiger partial charge in [-0.05, 0) is 36.1 Å². The van der Waals surface area contributed by atoms with E-state index in [1.54, 1.807) is 37.2 Å². The summed E-state index contributed by atoms with van der Waals surface area (Å²) >= 11 is 3.09. The third-order valence-corrected chi connectivity index (χ3v) is 2.53. The van der Waals surface area contributed by atoms with Crippen LogP contribution < -0.4 is 0 Å². The normalized spacial score (nSPS) is 12.6. The van der Waals surface area contributed by atoms with Crippen molar-refractivity contribution in [1.82, 2.24) is 4.90 Å². The Morgan fingerprint density at radius 3 is 2.64 bits per heavy atom. The maximum atomic E-state index is 13.6. The predicted molar refractivity (Wildman–Crippen MR) is 56.1 cm³/mol. The summed E-state index contributed by atoms with van der Waals surface area (Å²) in [6.45, 7) is 0. The Kier molecular flexibility index (Phi) is 3.62. The molecule has 0 aliphatic heterocycles. The molecule has 1 unspecified atom stereocenters. The van der Waals surface area contributed by atoms with Crippen LogP contribution in [0.4, 0.5) is 4.39 Å². The van der Waals surface area contributed by atoms with Gasteiger partial charge in [0.2, 0.25) is 0 Å². The largest absolute Gasteiger partial charge is 0.290 e. The van der Waals surface area contributed by atoms with Crippen LogP contribution in [0.1, 0.15) is 11.6 Å². The topological polar surface area (TPSA) is 27.0 Å². The first-order valence-electron chi connectivity index (χ1n) is 4.08. The van der Waals surface area contributed by atoms with E-state index < -0.39 is 6.04 Å². The number of halogens is 2. The third-order valence-electron chi connectivity index (χ3n) is 1.91. The van der Waals surface area contributed by atoms with Gasteiger partial charge in [-0.25, -0.2) is 4.39 Å². The number of nitrogens with zero attached hydrogens (tertiary/aromatic N) is 2. The van der Waals surface area contributed by atoms with Crippen molar-refractivity contribution in [2.24, 2.45) is 0 Å². The highest BCUT2D eigenvalue weighted by Gasteiger charge is 2.18. The lowest BCUT2D eigenvalue weighted by atomic mass is 10.1. The standard InChI is InChI=1S/C10H10BrFN2/c1-14(2)9(6-13)7-4-3-5-8(11)10(7)12/h3-5,9H,1-2H3. The lowest BCUT2D eigenvalue weighted by molar-refractivity contribution is 0.349. The van der Waals surface area contributed by atoms with Gasteiger partial charge in [0, 0.05) is 5.56 Å². The number of nitriles is 1. The molecule has 1 aromatic carbocycles. The molecule has 0 N–H and O–H groups in total. The van der Waals surface area contributed by atoms with E-state index in [9.17, 15) is 4.39 Å². The van der Waals surface area contributed by atoms with Gasteiger partial charge in [-0.2, -0.15) is 5.26 Å². The molecule has 0 saturated carbocycles. The molecule has 1 rings (SSSR count). The fraction of sp³-hybridized carbons (Fsp3) is 0.300. The average Bonchev–Trinajstić information content (AvgIpc) is 2.13. The van der Waals surface area contributed by atoms with Crippen molar-refractivity contribution in [2.75, 3.05) is 14.1 Å². The highest BCUT2D eigenvalue weighted by Crippen LogP contribution is 2.25. The third kappa shape index (κ3) is 2.11. The fourth-order valence-electron chi connectivity index (χ4n) is 1.19. The van der Waals surface area contributed by atoms with Crippen LogP contribution in [0, 0.1) is 17.1 Å². The van der Waals surface area contributed by atoms with E-state index in [0.717, 1.165) is 0 Å². The molecule has 0 saturated heterocycles. The first-order chi connectivity index (χ1) is 6.57. The summed E-state index contributed by atoms with van der Waals surface area (Å²) in [7, 11) is 3.49. The van der Waals surface area contributed by atoms with Gasteiger partial charge in [-0.15, -0.1) is 0 Å². The predicted octanol–water partition coefficient (Wildman–Crippen LogP) is 2.71. The van der Waals surface area contributed by atoms with Crippen molar-refractivity contribution >= 4 is 15.9 Å². The molecule has 0 aliphatic rings. The van der Waals surface area contributed by atoms with Crippen molar-refractivity contribution in [2.45, 2.75) is 6.04 Å². The molecule has 0 heterocycles. The van der Waals surface area contributed by atoms with E-state index in [0.29, 0.717) is 10.0 Å². The van der Waals surface area contributed by atoms with Crippen LogP contribution in [0.5, 0.6) is 0 Å². The van der Waals surface area contributed by atoms with Gasteiger partial charge >= 0.3 is 0 Å². The second kappa shape index (κ2) is 4.54. The molecule has 2 nitrogen and oxygen atoms in total. The van der Waals surface area contributed by atoms with Gasteiger partial charge in [0.15, 0.2) is 0 Å². The average molecular weight is 257 g/mol. The van der Waals surface area contributed by atoms with Gasteiger partial charge in [0.1, 0.15) is 11.9 Å². The van der Waals surface area contributed by atoms with E-state index in [4.69, 9.17) is 5.26 Å². The molecule has 0 aliphatic carbocycles. The lowest BCUT2D eigenvalue weighted by Crippen LogP contribution is -2.19. The smallest absolute Gasteiger partial charge is 0.143 e. The molecular formula is C10H10BrFN2. The molecule has 0 fully saturated rings. The first-order valence-corrected chi connectivity index (χ1v) is 4.87. The Morgan fingerprint density at radius 2 is 2.14 bits per heavy atom. The van der Waals surface area contributed by atoms with Crippen molar-refractivity contribution < 1.29 is 4.39 Å². The van der Waals surface area contributed by atoms with Gasteiger partial charge in [0.25, 0.3) is 0 Å². The van der Waals surface area contributed by atoms with Gasteiger partial charge < -0.3 is 0 Å². The summed E-state index contributed by atoms with van der Waals surface area (Å²) < 4.78 is 14.0. The van der Waals surface area contributed by atoms with Crippen molar-refractivity contribution in [3.05, 3.63) is 34.1 Å². The van der Waals surface area contributed by atoms with E-state index in [-0.39, 0.29) is 5.82 Å². The first kappa shape index (κ1) is 11.2. The number of hydrogen-bond donors (Lipinski definition) is 0. The van der Waals surface area contributed by atoms with E-state index >= 15 is 0 Å². The van der Waals surface area contributed by atoms with Crippen molar-refractivity contribution in [1.29, 1.82) is 5.26 Å². The van der Waals surface area contributed by atoms with Crippen LogP contribution in [0.2, 0.25) is 0 Å². The summed E-state index contributed by atoms with van der Waals surface area (Å²) in [4.78, 5) is 1.67. The maximum Gasteiger partial charge on any atom is 0.143 e. The summed E-state index contributed by atoms with van der Waals surface area (Å²) in [5.41, 5.74) is 0.395. The Balaban J connectivity index is 3.19. The van der Waals surface area contributed by atoms with E-state index in [2.05, 4.69) is 22.0 Å². The van der Waals surface area contributed by atoms with Crippen LogP contribution in [-0.2, 0) is 0 Å². The second-order valence-electron chi connectivity index (χ2n) is 3.14. The Morgan fingerprint density at radius 1 is 1.50 bits per heavy atom. The number of benzene rings is 1. The minimum atomic E-state index is -0.549. The fourth-order valence-corrected chi connectivity index (χ4v) is 1.58. The zero-order valence-electron chi connectivity index (χ0n) is 7.96. The zero-order valence-corrected chi connectivity index (χ0v) is 9.55. The van der Waals surface area contributed by atoms with Gasteiger partial charge in [-0.3, -0.25) is 4.90 Å². The van der Waals surface area contributed by atoms with Crippen LogP contribution >= 0.6 is 15.9 Å². The lowest BCUT2D eigenvalue weighted by Gasteiger charge is -2.18. The second-order valence-corrected chi connectivity index (χ2v) is 3.99. The molecule has 0 aromatic heterocycles. The summed E-state index contributed by atoms with van der Waals surface area (Å²) in [6.07, 6.45) is 0. The number of hydrogen-bond acceptors (Lipinski definition) is 2. The monoisotopic (exact) mass is 256 g/mol.